The number of benzene rings is 2. The van der Waals surface area contributed by atoms with Crippen LogP contribution in [-0.4, -0.2) is 64.5 Å². The normalized spacial score (nSPS) is 21.8. The van der Waals surface area contributed by atoms with E-state index in [0.717, 1.165) is 25.8 Å². The van der Waals surface area contributed by atoms with Crippen molar-refractivity contribution in [1.82, 2.24) is 13.9 Å². The molecule has 0 radical (unpaired) electrons. The number of nitrogens with zero attached hydrogens (tertiary/aromatic N) is 2. The maximum absolute atomic E-state index is 13.6. The molecule has 32 heavy (non-hydrogen) atoms. The Hall–Kier alpha value is -1.49. The predicted octanol–water partition coefficient (Wildman–Crippen LogP) is 2.64. The fourth-order valence-corrected chi connectivity index (χ4v) is 7.04. The Morgan fingerprint density at radius 2 is 1.78 bits per heavy atom. The van der Waals surface area contributed by atoms with E-state index >= 15 is 0 Å². The molecule has 7 nitrogen and oxygen atoms in total. The topological polar surface area (TPSA) is 86.8 Å². The number of sulfonamides is 2. The van der Waals surface area contributed by atoms with Gasteiger partial charge in [-0.05, 0) is 54.7 Å². The Labute approximate surface area is 195 Å². The van der Waals surface area contributed by atoms with Crippen LogP contribution in [0.1, 0.15) is 30.0 Å². The maximum Gasteiger partial charge on any atom is 0.243 e. The number of hydrogen-bond donors (Lipinski definition) is 1. The third-order valence-corrected chi connectivity index (χ3v) is 9.24. The largest absolute Gasteiger partial charge is 0.296 e. The molecule has 2 aromatic carbocycles. The number of halogens is 1. The highest BCUT2D eigenvalue weighted by atomic mass is 35.5. The molecule has 2 heterocycles. The molecule has 2 aromatic rings. The van der Waals surface area contributed by atoms with Gasteiger partial charge in [-0.15, -0.1) is 0 Å². The second-order valence-corrected chi connectivity index (χ2v) is 12.6. The number of rotatable bonds is 7. The molecule has 0 aliphatic carbocycles. The fourth-order valence-electron chi connectivity index (χ4n) is 4.78. The molecule has 2 aliphatic heterocycles. The molecule has 1 N–H and O–H groups in total. The van der Waals surface area contributed by atoms with Crippen molar-refractivity contribution in [3.05, 3.63) is 64.7 Å². The van der Waals surface area contributed by atoms with Crippen molar-refractivity contribution < 1.29 is 16.8 Å². The number of nitrogens with one attached hydrogen (secondary N) is 1. The van der Waals surface area contributed by atoms with E-state index in [-0.39, 0.29) is 30.1 Å². The molecular weight excluding hydrogens is 470 g/mol. The number of piperidine rings is 1. The first kappa shape index (κ1) is 23.7. The molecule has 0 bridgehead atoms. The summed E-state index contributed by atoms with van der Waals surface area (Å²) in [5, 5.41) is 0.460. The highest BCUT2D eigenvalue weighted by Crippen LogP contribution is 2.39. The summed E-state index contributed by atoms with van der Waals surface area (Å²) >= 11 is 5.96. The Bertz CT molecular complexity index is 1170. The van der Waals surface area contributed by atoms with E-state index in [1.54, 1.807) is 12.1 Å². The second-order valence-electron chi connectivity index (χ2n) is 8.41. The van der Waals surface area contributed by atoms with E-state index in [9.17, 15) is 16.8 Å². The van der Waals surface area contributed by atoms with Gasteiger partial charge in [-0.1, -0.05) is 35.9 Å². The molecule has 0 saturated carbocycles. The van der Waals surface area contributed by atoms with E-state index in [4.69, 9.17) is 11.6 Å². The van der Waals surface area contributed by atoms with Crippen molar-refractivity contribution in [1.29, 1.82) is 0 Å². The molecule has 174 valence electrons. The van der Waals surface area contributed by atoms with Gasteiger partial charge >= 0.3 is 0 Å². The third kappa shape index (κ3) is 5.18. The summed E-state index contributed by atoms with van der Waals surface area (Å²) in [7, 11) is -7.25. The molecule has 1 fully saturated rings. The summed E-state index contributed by atoms with van der Waals surface area (Å²) in [6.07, 6.45) is 3.44. The van der Waals surface area contributed by atoms with Crippen LogP contribution in [-0.2, 0) is 26.5 Å². The van der Waals surface area contributed by atoms with E-state index in [1.807, 2.05) is 12.1 Å². The predicted molar refractivity (Wildman–Crippen MR) is 126 cm³/mol. The van der Waals surface area contributed by atoms with E-state index in [2.05, 4.69) is 21.8 Å². The van der Waals surface area contributed by atoms with Crippen LogP contribution in [0.5, 0.6) is 0 Å². The highest BCUT2D eigenvalue weighted by molar-refractivity contribution is 7.89. The summed E-state index contributed by atoms with van der Waals surface area (Å²) in [6.45, 7) is 1.86. The van der Waals surface area contributed by atoms with Crippen molar-refractivity contribution in [2.75, 3.05) is 32.4 Å². The monoisotopic (exact) mass is 497 g/mol. The molecule has 0 spiro atoms. The summed E-state index contributed by atoms with van der Waals surface area (Å²) < 4.78 is 54.2. The van der Waals surface area contributed by atoms with Crippen LogP contribution in [0.4, 0.5) is 0 Å². The zero-order chi connectivity index (χ0) is 22.9. The first-order valence-electron chi connectivity index (χ1n) is 10.7. The fraction of sp³-hybridized carbons (Fsp3) is 0.455. The average Bonchev–Trinajstić information content (AvgIpc) is 2.76. The highest BCUT2D eigenvalue weighted by Gasteiger charge is 2.39. The molecule has 0 amide bonds. The standard InChI is InChI=1S/C22H28ClN3O4S2/c1-31(27,28)24-12-15-26(32(29,30)20-8-6-18(23)7-9-20)19-11-14-25-13-10-17-4-2-3-5-21(17)22(25)16-19/h2-9,19,22,24H,10-16H2,1H3/t19-,22+/m1/s1. The minimum Gasteiger partial charge on any atom is -0.296 e. The lowest BCUT2D eigenvalue weighted by Crippen LogP contribution is -2.51. The lowest BCUT2D eigenvalue weighted by molar-refractivity contribution is 0.0911. The van der Waals surface area contributed by atoms with Crippen LogP contribution < -0.4 is 4.72 Å². The van der Waals surface area contributed by atoms with E-state index < -0.39 is 20.0 Å². The zero-order valence-corrected chi connectivity index (χ0v) is 20.3. The molecule has 0 unspecified atom stereocenters. The minimum atomic E-state index is -3.83. The van der Waals surface area contributed by atoms with Crippen molar-refractivity contribution in [3.63, 3.8) is 0 Å². The van der Waals surface area contributed by atoms with Crippen LogP contribution in [0.3, 0.4) is 0 Å². The number of fused-ring (bicyclic) bond motifs is 3. The van der Waals surface area contributed by atoms with Crippen molar-refractivity contribution in [2.45, 2.75) is 36.2 Å². The van der Waals surface area contributed by atoms with Crippen molar-refractivity contribution >= 4 is 31.6 Å². The van der Waals surface area contributed by atoms with Gasteiger partial charge in [0.05, 0.1) is 11.2 Å². The Balaban J connectivity index is 1.63. The lowest BCUT2D eigenvalue weighted by Gasteiger charge is -2.46. The van der Waals surface area contributed by atoms with Gasteiger partial charge in [0.25, 0.3) is 0 Å². The van der Waals surface area contributed by atoms with Crippen LogP contribution in [0, 0.1) is 0 Å². The van der Waals surface area contributed by atoms with Gasteiger partial charge in [0, 0.05) is 43.3 Å². The zero-order valence-electron chi connectivity index (χ0n) is 17.9. The third-order valence-electron chi connectivity index (χ3n) is 6.29. The van der Waals surface area contributed by atoms with E-state index in [0.29, 0.717) is 17.9 Å². The van der Waals surface area contributed by atoms with Gasteiger partial charge in [-0.25, -0.2) is 21.6 Å². The second kappa shape index (κ2) is 9.40. The van der Waals surface area contributed by atoms with Crippen molar-refractivity contribution in [3.8, 4) is 0 Å². The molecule has 4 rings (SSSR count). The summed E-state index contributed by atoms with van der Waals surface area (Å²) in [6, 6.07) is 14.4. The van der Waals surface area contributed by atoms with Gasteiger partial charge in [-0.3, -0.25) is 4.90 Å². The van der Waals surface area contributed by atoms with Gasteiger partial charge in [0.15, 0.2) is 0 Å². The minimum absolute atomic E-state index is 0.0210. The average molecular weight is 498 g/mol. The Morgan fingerprint density at radius 1 is 1.06 bits per heavy atom. The number of hydrogen-bond acceptors (Lipinski definition) is 5. The Morgan fingerprint density at radius 3 is 2.50 bits per heavy atom. The van der Waals surface area contributed by atoms with Crippen LogP contribution in [0.2, 0.25) is 5.02 Å². The van der Waals surface area contributed by atoms with Gasteiger partial charge in [-0.2, -0.15) is 4.31 Å². The lowest BCUT2D eigenvalue weighted by atomic mass is 9.85. The molecular formula is C22H28ClN3O4S2. The van der Waals surface area contributed by atoms with Crippen LogP contribution in [0.25, 0.3) is 0 Å². The van der Waals surface area contributed by atoms with Gasteiger partial charge in [0.1, 0.15) is 0 Å². The smallest absolute Gasteiger partial charge is 0.243 e. The van der Waals surface area contributed by atoms with Gasteiger partial charge < -0.3 is 0 Å². The van der Waals surface area contributed by atoms with Gasteiger partial charge in [0.2, 0.25) is 20.0 Å². The molecule has 0 aromatic heterocycles. The molecule has 2 aliphatic rings. The first-order valence-corrected chi connectivity index (χ1v) is 14.4. The molecule has 10 heteroatoms. The maximum atomic E-state index is 13.6. The van der Waals surface area contributed by atoms with Crippen molar-refractivity contribution in [2.24, 2.45) is 0 Å². The SMILES string of the molecule is CS(=O)(=O)NCCN([C@@H]1CCN2CCc3ccccc3[C@@H]2C1)S(=O)(=O)c1ccc(Cl)cc1. The molecule has 2 atom stereocenters. The van der Waals surface area contributed by atoms with Crippen LogP contribution in [0.15, 0.2) is 53.4 Å². The summed E-state index contributed by atoms with van der Waals surface area (Å²) in [4.78, 5) is 2.59. The van der Waals surface area contributed by atoms with Crippen LogP contribution >= 0.6 is 11.6 Å². The quantitative estimate of drug-likeness (QED) is 0.635. The van der Waals surface area contributed by atoms with E-state index in [1.165, 1.54) is 27.6 Å². The first-order chi connectivity index (χ1) is 15.1. The summed E-state index contributed by atoms with van der Waals surface area (Å²) in [5.41, 5.74) is 2.59. The summed E-state index contributed by atoms with van der Waals surface area (Å²) in [5.74, 6) is 0. The molecule has 1 saturated heterocycles. The Kier molecular flexibility index (Phi) is 6.95.